The summed E-state index contributed by atoms with van der Waals surface area (Å²) in [5.74, 6) is 0.302. The summed E-state index contributed by atoms with van der Waals surface area (Å²) in [5.41, 5.74) is 0.767. The van der Waals surface area contributed by atoms with Gasteiger partial charge in [0.2, 0.25) is 11.8 Å². The standard InChI is InChI=1S/C19H28N2O3/c1-14(2)19(24)20-12-15-7-6-10-21(13-15)18(23)11-17(22)16-8-4-3-5-9-16/h3-5,8-9,14-15,17,22H,6-7,10-13H2,1-2H3,(H,20,24). The predicted molar refractivity (Wildman–Crippen MR) is 93.2 cm³/mol. The van der Waals surface area contributed by atoms with Gasteiger partial charge in [-0.2, -0.15) is 0 Å². The van der Waals surface area contributed by atoms with E-state index in [0.29, 0.717) is 19.0 Å². The van der Waals surface area contributed by atoms with Crippen molar-refractivity contribution in [2.24, 2.45) is 11.8 Å². The Bertz CT molecular complexity index is 545. The molecule has 132 valence electrons. The molecule has 1 aromatic carbocycles. The largest absolute Gasteiger partial charge is 0.388 e. The molecule has 0 radical (unpaired) electrons. The van der Waals surface area contributed by atoms with Crippen LogP contribution in [0, 0.1) is 11.8 Å². The van der Waals surface area contributed by atoms with Gasteiger partial charge in [0.15, 0.2) is 0 Å². The lowest BCUT2D eigenvalue weighted by Crippen LogP contribution is -2.44. The highest BCUT2D eigenvalue weighted by molar-refractivity contribution is 5.78. The Kier molecular flexibility index (Phi) is 6.79. The molecule has 1 aliphatic rings. The van der Waals surface area contributed by atoms with Crippen molar-refractivity contribution in [1.82, 2.24) is 10.2 Å². The number of aliphatic hydroxyl groups excluding tert-OH is 1. The molecule has 2 N–H and O–H groups in total. The zero-order chi connectivity index (χ0) is 17.5. The average molecular weight is 332 g/mol. The minimum absolute atomic E-state index is 0.0210. The van der Waals surface area contributed by atoms with E-state index in [0.717, 1.165) is 24.9 Å². The highest BCUT2D eigenvalue weighted by atomic mass is 16.3. The van der Waals surface area contributed by atoms with Crippen molar-refractivity contribution in [2.45, 2.75) is 39.2 Å². The highest BCUT2D eigenvalue weighted by Crippen LogP contribution is 2.21. The third-order valence-electron chi connectivity index (χ3n) is 4.51. The highest BCUT2D eigenvalue weighted by Gasteiger charge is 2.25. The Labute approximate surface area is 144 Å². The lowest BCUT2D eigenvalue weighted by molar-refractivity contribution is -0.135. The quantitative estimate of drug-likeness (QED) is 0.838. The summed E-state index contributed by atoms with van der Waals surface area (Å²) in [6, 6.07) is 9.27. The summed E-state index contributed by atoms with van der Waals surface area (Å²) in [5, 5.41) is 13.2. The first kappa shape index (κ1) is 18.5. The molecular formula is C19H28N2O3. The normalized spacial score (nSPS) is 19.2. The predicted octanol–water partition coefficient (Wildman–Crippen LogP) is 2.12. The first-order valence-corrected chi connectivity index (χ1v) is 8.76. The molecule has 0 bridgehead atoms. The van der Waals surface area contributed by atoms with Crippen LogP contribution in [0.15, 0.2) is 30.3 Å². The Morgan fingerprint density at radius 3 is 2.67 bits per heavy atom. The monoisotopic (exact) mass is 332 g/mol. The van der Waals surface area contributed by atoms with Crippen molar-refractivity contribution in [1.29, 1.82) is 0 Å². The molecule has 0 aliphatic carbocycles. The number of piperidine rings is 1. The molecule has 1 aromatic rings. The number of hydrogen-bond donors (Lipinski definition) is 2. The van der Waals surface area contributed by atoms with Crippen LogP contribution in [0.2, 0.25) is 0 Å². The van der Waals surface area contributed by atoms with E-state index in [4.69, 9.17) is 0 Å². The summed E-state index contributed by atoms with van der Waals surface area (Å²) >= 11 is 0. The van der Waals surface area contributed by atoms with Gasteiger partial charge in [0, 0.05) is 25.6 Å². The second-order valence-electron chi connectivity index (χ2n) is 6.88. The van der Waals surface area contributed by atoms with Crippen molar-refractivity contribution in [3.05, 3.63) is 35.9 Å². The molecule has 0 saturated carbocycles. The molecule has 2 atom stereocenters. The summed E-state index contributed by atoms with van der Waals surface area (Å²) in [4.78, 5) is 26.0. The maximum Gasteiger partial charge on any atom is 0.225 e. The fourth-order valence-corrected chi connectivity index (χ4v) is 2.99. The van der Waals surface area contributed by atoms with Crippen LogP contribution in [-0.2, 0) is 9.59 Å². The van der Waals surface area contributed by atoms with E-state index in [1.165, 1.54) is 0 Å². The fourth-order valence-electron chi connectivity index (χ4n) is 2.99. The van der Waals surface area contributed by atoms with Gasteiger partial charge < -0.3 is 15.3 Å². The van der Waals surface area contributed by atoms with Gasteiger partial charge in [0.25, 0.3) is 0 Å². The summed E-state index contributed by atoms with van der Waals surface area (Å²) in [7, 11) is 0. The molecule has 24 heavy (non-hydrogen) atoms. The maximum absolute atomic E-state index is 12.5. The number of carbonyl (C=O) groups is 2. The zero-order valence-corrected chi connectivity index (χ0v) is 14.6. The van der Waals surface area contributed by atoms with Crippen LogP contribution in [0.4, 0.5) is 0 Å². The van der Waals surface area contributed by atoms with E-state index >= 15 is 0 Å². The molecule has 1 heterocycles. The molecule has 2 amide bonds. The molecule has 1 saturated heterocycles. The number of nitrogens with one attached hydrogen (secondary N) is 1. The summed E-state index contributed by atoms with van der Waals surface area (Å²) < 4.78 is 0. The van der Waals surface area contributed by atoms with Crippen molar-refractivity contribution in [3.63, 3.8) is 0 Å². The second-order valence-corrected chi connectivity index (χ2v) is 6.88. The minimum Gasteiger partial charge on any atom is -0.388 e. The van der Waals surface area contributed by atoms with E-state index < -0.39 is 6.10 Å². The van der Waals surface area contributed by atoms with Crippen LogP contribution in [0.3, 0.4) is 0 Å². The Morgan fingerprint density at radius 1 is 1.29 bits per heavy atom. The van der Waals surface area contributed by atoms with E-state index in [9.17, 15) is 14.7 Å². The average Bonchev–Trinajstić information content (AvgIpc) is 2.60. The molecule has 1 aliphatic heterocycles. The Morgan fingerprint density at radius 2 is 2.00 bits per heavy atom. The van der Waals surface area contributed by atoms with Gasteiger partial charge in [-0.3, -0.25) is 9.59 Å². The van der Waals surface area contributed by atoms with Gasteiger partial charge in [0.1, 0.15) is 0 Å². The molecule has 2 rings (SSSR count). The topological polar surface area (TPSA) is 69.6 Å². The summed E-state index contributed by atoms with van der Waals surface area (Å²) in [6.07, 6.45) is 1.30. The molecule has 1 fully saturated rings. The molecule has 0 aromatic heterocycles. The molecule has 2 unspecified atom stereocenters. The fraction of sp³-hybridized carbons (Fsp3) is 0.579. The number of carbonyl (C=O) groups excluding carboxylic acids is 2. The number of benzene rings is 1. The van der Waals surface area contributed by atoms with Gasteiger partial charge in [-0.25, -0.2) is 0 Å². The third-order valence-corrected chi connectivity index (χ3v) is 4.51. The van der Waals surface area contributed by atoms with Gasteiger partial charge in [0.05, 0.1) is 12.5 Å². The SMILES string of the molecule is CC(C)C(=O)NCC1CCCN(C(=O)CC(O)c2ccccc2)C1. The maximum atomic E-state index is 12.5. The van der Waals surface area contributed by atoms with Crippen molar-refractivity contribution in [3.8, 4) is 0 Å². The summed E-state index contributed by atoms with van der Waals surface area (Å²) in [6.45, 7) is 5.74. The van der Waals surface area contributed by atoms with Crippen molar-refractivity contribution in [2.75, 3.05) is 19.6 Å². The van der Waals surface area contributed by atoms with Crippen LogP contribution in [0.5, 0.6) is 0 Å². The Balaban J connectivity index is 1.82. The van der Waals surface area contributed by atoms with Crippen molar-refractivity contribution >= 4 is 11.8 Å². The smallest absolute Gasteiger partial charge is 0.225 e. The first-order valence-electron chi connectivity index (χ1n) is 8.76. The lowest BCUT2D eigenvalue weighted by Gasteiger charge is -2.33. The van der Waals surface area contributed by atoms with E-state index in [2.05, 4.69) is 5.32 Å². The molecular weight excluding hydrogens is 304 g/mol. The number of hydrogen-bond acceptors (Lipinski definition) is 3. The first-order chi connectivity index (χ1) is 11.5. The van der Waals surface area contributed by atoms with Crippen LogP contribution >= 0.6 is 0 Å². The van der Waals surface area contributed by atoms with E-state index in [1.807, 2.05) is 49.1 Å². The number of likely N-dealkylation sites (tertiary alicyclic amines) is 1. The van der Waals surface area contributed by atoms with Crippen LogP contribution in [0.25, 0.3) is 0 Å². The minimum atomic E-state index is -0.764. The molecule has 5 heteroatoms. The van der Waals surface area contributed by atoms with Crippen LogP contribution in [-0.4, -0.2) is 41.5 Å². The Hall–Kier alpha value is -1.88. The van der Waals surface area contributed by atoms with Crippen LogP contribution in [0.1, 0.15) is 44.8 Å². The van der Waals surface area contributed by atoms with Gasteiger partial charge >= 0.3 is 0 Å². The second kappa shape index (κ2) is 8.83. The number of nitrogens with zero attached hydrogens (tertiary/aromatic N) is 1. The van der Waals surface area contributed by atoms with Crippen molar-refractivity contribution < 1.29 is 14.7 Å². The zero-order valence-electron chi connectivity index (χ0n) is 14.6. The van der Waals surface area contributed by atoms with Gasteiger partial charge in [-0.1, -0.05) is 44.2 Å². The van der Waals surface area contributed by atoms with Crippen LogP contribution < -0.4 is 5.32 Å². The van der Waals surface area contributed by atoms with Gasteiger partial charge in [-0.05, 0) is 24.3 Å². The molecule has 5 nitrogen and oxygen atoms in total. The molecule has 0 spiro atoms. The van der Waals surface area contributed by atoms with Gasteiger partial charge in [-0.15, -0.1) is 0 Å². The number of aliphatic hydroxyl groups is 1. The third kappa shape index (κ3) is 5.34. The lowest BCUT2D eigenvalue weighted by atomic mass is 9.96. The number of rotatable bonds is 6. The number of amides is 2. The van der Waals surface area contributed by atoms with E-state index in [1.54, 1.807) is 0 Å². The van der Waals surface area contributed by atoms with E-state index in [-0.39, 0.29) is 24.2 Å².